The van der Waals surface area contributed by atoms with E-state index in [4.69, 9.17) is 0 Å². The molecule has 0 fully saturated rings. The van der Waals surface area contributed by atoms with Crippen LogP contribution in [0.2, 0.25) is 0 Å². The zero-order valence-electron chi connectivity index (χ0n) is 12.5. The van der Waals surface area contributed by atoms with Crippen molar-refractivity contribution in [2.45, 2.75) is 12.0 Å². The molecule has 0 saturated heterocycles. The van der Waals surface area contributed by atoms with E-state index in [0.717, 1.165) is 8.26 Å². The van der Waals surface area contributed by atoms with Crippen LogP contribution in [-0.2, 0) is 10.4 Å². The van der Waals surface area contributed by atoms with Crippen LogP contribution in [0.4, 0.5) is 5.69 Å². The Morgan fingerprint density at radius 1 is 1.33 bits per heavy atom. The molecule has 24 heavy (non-hydrogen) atoms. The minimum Gasteiger partial charge on any atom is -0.375 e. The Bertz CT molecular complexity index is 848. The highest BCUT2D eigenvalue weighted by molar-refractivity contribution is 9.11. The molecular formula is C17H13Br2NO3S. The molecule has 1 aliphatic heterocycles. The molecule has 1 N–H and O–H groups in total. The standard InChI is InChI=1S/C17H13Br2NO3S/c1-2-7-20-12-4-3-10(18)8-11(12)17(23,16(20)22)9-13(21)14-5-6-15(19)24-14/h2-6,8,23H,1,7,9H2/t17-/m0/s1. The fourth-order valence-electron chi connectivity index (χ4n) is 2.79. The monoisotopic (exact) mass is 469 g/mol. The Hall–Kier alpha value is -1.28. The fraction of sp³-hybridized carbons (Fsp3) is 0.176. The lowest BCUT2D eigenvalue weighted by atomic mass is 9.89. The van der Waals surface area contributed by atoms with Gasteiger partial charge < -0.3 is 10.0 Å². The Kier molecular flexibility index (Phi) is 4.79. The molecule has 0 saturated carbocycles. The quantitative estimate of drug-likeness (QED) is 0.524. The number of halogens is 2. The summed E-state index contributed by atoms with van der Waals surface area (Å²) in [5.74, 6) is -0.771. The van der Waals surface area contributed by atoms with E-state index in [9.17, 15) is 14.7 Å². The summed E-state index contributed by atoms with van der Waals surface area (Å²) in [6.07, 6.45) is 1.30. The molecule has 0 unspecified atom stereocenters. The van der Waals surface area contributed by atoms with Gasteiger partial charge in [-0.25, -0.2) is 0 Å². The van der Waals surface area contributed by atoms with Gasteiger partial charge in [0.2, 0.25) is 0 Å². The average molecular weight is 471 g/mol. The Morgan fingerprint density at radius 2 is 2.08 bits per heavy atom. The average Bonchev–Trinajstić information content (AvgIpc) is 3.05. The lowest BCUT2D eigenvalue weighted by Crippen LogP contribution is -2.41. The summed E-state index contributed by atoms with van der Waals surface area (Å²) < 4.78 is 1.56. The Morgan fingerprint density at radius 3 is 2.71 bits per heavy atom. The smallest absolute Gasteiger partial charge is 0.264 e. The van der Waals surface area contributed by atoms with Crippen molar-refractivity contribution in [1.29, 1.82) is 0 Å². The summed E-state index contributed by atoms with van der Waals surface area (Å²) >= 11 is 7.96. The number of benzene rings is 1. The summed E-state index contributed by atoms with van der Waals surface area (Å²) in [7, 11) is 0. The van der Waals surface area contributed by atoms with Crippen LogP contribution in [0, 0.1) is 0 Å². The van der Waals surface area contributed by atoms with Gasteiger partial charge in [0.1, 0.15) is 0 Å². The van der Waals surface area contributed by atoms with Gasteiger partial charge in [0.25, 0.3) is 5.91 Å². The fourth-order valence-corrected chi connectivity index (χ4v) is 4.47. The van der Waals surface area contributed by atoms with Crippen LogP contribution < -0.4 is 4.90 Å². The van der Waals surface area contributed by atoms with E-state index in [1.807, 2.05) is 0 Å². The molecule has 0 aliphatic carbocycles. The number of ketones is 1. The molecule has 124 valence electrons. The number of carbonyl (C=O) groups excluding carboxylic acids is 2. The van der Waals surface area contributed by atoms with E-state index in [0.29, 0.717) is 16.1 Å². The van der Waals surface area contributed by atoms with Crippen LogP contribution in [0.5, 0.6) is 0 Å². The van der Waals surface area contributed by atoms with E-state index in [1.54, 1.807) is 36.4 Å². The van der Waals surface area contributed by atoms with Gasteiger partial charge in [0.05, 0.1) is 20.8 Å². The number of amides is 1. The Labute approximate surface area is 160 Å². The maximum Gasteiger partial charge on any atom is 0.264 e. The van der Waals surface area contributed by atoms with Crippen molar-refractivity contribution < 1.29 is 14.7 Å². The first-order valence-electron chi connectivity index (χ1n) is 7.10. The second-order valence-electron chi connectivity index (χ2n) is 5.43. The SMILES string of the molecule is C=CCN1C(=O)[C@](O)(CC(=O)c2ccc(Br)s2)c2cc(Br)ccc21. The predicted molar refractivity (Wildman–Crippen MR) is 102 cm³/mol. The zero-order valence-corrected chi connectivity index (χ0v) is 16.4. The number of thiophene rings is 1. The van der Waals surface area contributed by atoms with Gasteiger partial charge in [-0.3, -0.25) is 9.59 Å². The summed E-state index contributed by atoms with van der Waals surface area (Å²) in [4.78, 5) is 27.3. The van der Waals surface area contributed by atoms with Crippen LogP contribution in [-0.4, -0.2) is 23.3 Å². The molecule has 3 rings (SSSR count). The minimum absolute atomic E-state index is 0.270. The second kappa shape index (κ2) is 6.55. The van der Waals surface area contributed by atoms with Gasteiger partial charge in [-0.15, -0.1) is 17.9 Å². The third kappa shape index (κ3) is 2.90. The minimum atomic E-state index is -1.87. The molecule has 1 aliphatic rings. The number of aliphatic hydroxyl groups is 1. The van der Waals surface area contributed by atoms with Gasteiger partial charge in [-0.2, -0.15) is 0 Å². The van der Waals surface area contributed by atoms with Crippen molar-refractivity contribution in [3.63, 3.8) is 0 Å². The molecule has 0 bridgehead atoms. The summed E-state index contributed by atoms with van der Waals surface area (Å²) in [6.45, 7) is 3.93. The van der Waals surface area contributed by atoms with Gasteiger partial charge in [-0.05, 0) is 46.3 Å². The molecule has 2 aromatic rings. The van der Waals surface area contributed by atoms with Crippen LogP contribution >= 0.6 is 43.2 Å². The lowest BCUT2D eigenvalue weighted by molar-refractivity contribution is -0.135. The van der Waals surface area contributed by atoms with E-state index >= 15 is 0 Å². The highest BCUT2D eigenvalue weighted by Gasteiger charge is 2.50. The predicted octanol–water partition coefficient (Wildman–Crippen LogP) is 4.27. The van der Waals surface area contributed by atoms with Gasteiger partial charge in [0.15, 0.2) is 11.4 Å². The summed E-state index contributed by atoms with van der Waals surface area (Å²) in [5.41, 5.74) is -0.825. The van der Waals surface area contributed by atoms with Crippen LogP contribution in [0.3, 0.4) is 0 Å². The van der Waals surface area contributed by atoms with E-state index in [1.165, 1.54) is 16.2 Å². The number of fused-ring (bicyclic) bond motifs is 1. The Balaban J connectivity index is 2.02. The molecule has 1 aromatic heterocycles. The normalized spacial score (nSPS) is 19.5. The van der Waals surface area contributed by atoms with Crippen molar-refractivity contribution in [3.05, 3.63) is 61.7 Å². The van der Waals surface area contributed by atoms with Crippen LogP contribution in [0.1, 0.15) is 21.7 Å². The molecule has 1 atom stereocenters. The van der Waals surface area contributed by atoms with Crippen molar-refractivity contribution in [1.82, 2.24) is 0 Å². The zero-order chi connectivity index (χ0) is 17.5. The third-order valence-corrected chi connectivity index (χ3v) is 6.03. The first-order chi connectivity index (χ1) is 11.4. The van der Waals surface area contributed by atoms with Crippen LogP contribution in [0.25, 0.3) is 0 Å². The van der Waals surface area contributed by atoms with E-state index < -0.39 is 11.5 Å². The number of anilines is 1. The molecule has 7 heteroatoms. The highest BCUT2D eigenvalue weighted by Crippen LogP contribution is 2.44. The van der Waals surface area contributed by atoms with E-state index in [2.05, 4.69) is 38.4 Å². The molecule has 1 aromatic carbocycles. The topological polar surface area (TPSA) is 57.6 Å². The number of hydrogen-bond acceptors (Lipinski definition) is 4. The number of hydrogen-bond donors (Lipinski definition) is 1. The molecule has 4 nitrogen and oxygen atoms in total. The number of Topliss-reactive ketones (excluding diaryl/α,β-unsaturated/α-hetero) is 1. The molecular weight excluding hydrogens is 458 g/mol. The summed E-state index contributed by atoms with van der Waals surface area (Å²) in [6, 6.07) is 8.70. The maximum atomic E-state index is 12.8. The number of nitrogens with zero attached hydrogens (tertiary/aromatic N) is 1. The molecule has 0 radical (unpaired) electrons. The van der Waals surface area contributed by atoms with E-state index in [-0.39, 0.29) is 18.7 Å². The number of rotatable bonds is 5. The number of carbonyl (C=O) groups is 2. The lowest BCUT2D eigenvalue weighted by Gasteiger charge is -2.21. The van der Waals surface area contributed by atoms with Crippen molar-refractivity contribution in [3.8, 4) is 0 Å². The molecule has 1 amide bonds. The molecule has 2 heterocycles. The largest absolute Gasteiger partial charge is 0.375 e. The van der Waals surface area contributed by atoms with Gasteiger partial charge in [-0.1, -0.05) is 22.0 Å². The van der Waals surface area contributed by atoms with Crippen molar-refractivity contribution >= 4 is 60.6 Å². The maximum absolute atomic E-state index is 12.8. The summed E-state index contributed by atoms with van der Waals surface area (Å²) in [5, 5.41) is 11.1. The highest BCUT2D eigenvalue weighted by atomic mass is 79.9. The second-order valence-corrected chi connectivity index (χ2v) is 8.81. The van der Waals surface area contributed by atoms with Gasteiger partial charge >= 0.3 is 0 Å². The third-order valence-electron chi connectivity index (χ3n) is 3.87. The van der Waals surface area contributed by atoms with Crippen molar-refractivity contribution in [2.75, 3.05) is 11.4 Å². The first kappa shape index (κ1) is 17.5. The van der Waals surface area contributed by atoms with Crippen molar-refractivity contribution in [2.24, 2.45) is 0 Å². The molecule has 0 spiro atoms. The van der Waals surface area contributed by atoms with Crippen LogP contribution in [0.15, 0.2) is 51.2 Å². The van der Waals surface area contributed by atoms with Gasteiger partial charge in [0, 0.05) is 16.6 Å². The first-order valence-corrected chi connectivity index (χ1v) is 9.51.